The molecule has 0 bridgehead atoms. The molecule has 228 valence electrons. The van der Waals surface area contributed by atoms with Gasteiger partial charge in [-0.3, -0.25) is 19.2 Å². The van der Waals surface area contributed by atoms with E-state index >= 15 is 0 Å². The number of phenolic OH excluding ortho intramolecular Hbond substituents is 1. The number of carbonyl (C=O) groups is 4. The number of hydrogen-bond acceptors (Lipinski definition) is 9. The van der Waals surface area contributed by atoms with Crippen molar-refractivity contribution in [1.82, 2.24) is 4.90 Å². The number of benzene rings is 1. The SMILES string of the molecule is CCC(=O)N(Cc1cc(N(C)C)c2c(c1O)C(O)=C1C(=O)[C@]3(O)C(O)=C(C(N)=O)C(=O)[C@@H](C)C3CC1C2)CC(C)(C)C. The monoisotopic (exact) mass is 583 g/mol. The van der Waals surface area contributed by atoms with Crippen molar-refractivity contribution in [3.8, 4) is 5.75 Å². The summed E-state index contributed by atoms with van der Waals surface area (Å²) in [5.41, 5.74) is 3.03. The number of aromatic hydroxyl groups is 1. The predicted molar refractivity (Wildman–Crippen MR) is 155 cm³/mol. The van der Waals surface area contributed by atoms with Crippen molar-refractivity contribution in [3.05, 3.63) is 39.7 Å². The van der Waals surface area contributed by atoms with Crippen molar-refractivity contribution in [2.24, 2.45) is 28.9 Å². The molecule has 0 heterocycles. The van der Waals surface area contributed by atoms with E-state index in [4.69, 9.17) is 5.73 Å². The fourth-order valence-electron chi connectivity index (χ4n) is 6.79. The average Bonchev–Trinajstić information content (AvgIpc) is 2.88. The van der Waals surface area contributed by atoms with Gasteiger partial charge in [0.1, 0.15) is 22.8 Å². The van der Waals surface area contributed by atoms with Crippen LogP contribution in [-0.2, 0) is 32.1 Å². The summed E-state index contributed by atoms with van der Waals surface area (Å²) in [5, 5.41) is 45.7. The highest BCUT2D eigenvalue weighted by molar-refractivity contribution is 6.23. The fraction of sp³-hybridized carbons (Fsp3) is 0.548. The first-order valence-corrected chi connectivity index (χ1v) is 14.2. The van der Waals surface area contributed by atoms with E-state index in [9.17, 15) is 39.6 Å². The molecule has 0 radical (unpaired) electrons. The number of nitrogens with two attached hydrogens (primary N) is 1. The van der Waals surface area contributed by atoms with E-state index in [-0.39, 0.29) is 54.0 Å². The van der Waals surface area contributed by atoms with Crippen molar-refractivity contribution < 1.29 is 39.6 Å². The summed E-state index contributed by atoms with van der Waals surface area (Å²) in [6.45, 7) is 9.69. The highest BCUT2D eigenvalue weighted by Gasteiger charge is 2.62. The molecule has 2 amide bonds. The summed E-state index contributed by atoms with van der Waals surface area (Å²) in [6.07, 6.45) is 0.505. The molecule has 0 saturated heterocycles. The van der Waals surface area contributed by atoms with Crippen LogP contribution in [0.3, 0.4) is 0 Å². The van der Waals surface area contributed by atoms with Gasteiger partial charge in [-0.05, 0) is 35.8 Å². The van der Waals surface area contributed by atoms with Crippen LogP contribution in [-0.4, -0.2) is 74.9 Å². The van der Waals surface area contributed by atoms with E-state index in [1.54, 1.807) is 32.0 Å². The number of nitrogens with zero attached hydrogens (tertiary/aromatic N) is 2. The summed E-state index contributed by atoms with van der Waals surface area (Å²) in [6, 6.07) is 1.77. The van der Waals surface area contributed by atoms with E-state index in [0.717, 1.165) is 0 Å². The zero-order chi connectivity index (χ0) is 31.6. The minimum absolute atomic E-state index is 0.0102. The number of rotatable bonds is 6. The molecule has 2 unspecified atom stereocenters. The van der Waals surface area contributed by atoms with Gasteiger partial charge in [0.25, 0.3) is 5.91 Å². The third kappa shape index (κ3) is 4.73. The predicted octanol–water partition coefficient (Wildman–Crippen LogP) is 2.52. The minimum Gasteiger partial charge on any atom is -0.508 e. The first-order valence-electron chi connectivity index (χ1n) is 14.2. The molecule has 42 heavy (non-hydrogen) atoms. The van der Waals surface area contributed by atoms with Gasteiger partial charge in [0.05, 0.1) is 5.56 Å². The molecule has 1 aromatic rings. The largest absolute Gasteiger partial charge is 0.508 e. The smallest absolute Gasteiger partial charge is 0.255 e. The molecule has 6 N–H and O–H groups in total. The lowest BCUT2D eigenvalue weighted by Crippen LogP contribution is -2.61. The fourth-order valence-corrected chi connectivity index (χ4v) is 6.79. The molecule has 11 nitrogen and oxygen atoms in total. The number of primary amides is 1. The van der Waals surface area contributed by atoms with Gasteiger partial charge in [0.15, 0.2) is 11.4 Å². The zero-order valence-corrected chi connectivity index (χ0v) is 25.2. The van der Waals surface area contributed by atoms with Gasteiger partial charge in [-0.25, -0.2) is 0 Å². The second kappa shape index (κ2) is 10.4. The Hall–Kier alpha value is -3.86. The summed E-state index contributed by atoms with van der Waals surface area (Å²) in [5.74, 6) is -7.85. The molecule has 4 atom stereocenters. The van der Waals surface area contributed by atoms with Crippen LogP contribution in [0.25, 0.3) is 5.76 Å². The second-order valence-electron chi connectivity index (χ2n) is 13.2. The lowest BCUT2D eigenvalue weighted by Gasteiger charge is -2.48. The van der Waals surface area contributed by atoms with Gasteiger partial charge in [-0.1, -0.05) is 34.6 Å². The number of amides is 2. The summed E-state index contributed by atoms with van der Waals surface area (Å²) in [7, 11) is 3.61. The molecule has 1 fully saturated rings. The van der Waals surface area contributed by atoms with E-state index in [2.05, 4.69) is 0 Å². The van der Waals surface area contributed by atoms with E-state index in [1.807, 2.05) is 25.7 Å². The van der Waals surface area contributed by atoms with Crippen LogP contribution >= 0.6 is 0 Å². The Labute approximate surface area is 245 Å². The molecule has 4 rings (SSSR count). The normalized spacial score (nSPS) is 25.6. The van der Waals surface area contributed by atoms with Gasteiger partial charge >= 0.3 is 0 Å². The topological polar surface area (TPSA) is 182 Å². The summed E-state index contributed by atoms with van der Waals surface area (Å²) >= 11 is 0. The number of ketones is 2. The Bertz CT molecular complexity index is 1450. The third-order valence-electron chi connectivity index (χ3n) is 8.75. The Balaban J connectivity index is 1.92. The third-order valence-corrected chi connectivity index (χ3v) is 8.75. The molecule has 0 spiro atoms. The Morgan fingerprint density at radius 3 is 2.29 bits per heavy atom. The number of aliphatic hydroxyl groups is 3. The van der Waals surface area contributed by atoms with Crippen LogP contribution < -0.4 is 10.6 Å². The molecule has 11 heteroatoms. The maximum absolute atomic E-state index is 14.0. The molecule has 0 aliphatic heterocycles. The lowest BCUT2D eigenvalue weighted by atomic mass is 9.56. The molecule has 1 saturated carbocycles. The van der Waals surface area contributed by atoms with Crippen molar-refractivity contribution >= 4 is 34.8 Å². The lowest BCUT2D eigenvalue weighted by molar-refractivity contribution is -0.152. The molecule has 3 aliphatic carbocycles. The number of hydrogen-bond donors (Lipinski definition) is 5. The van der Waals surface area contributed by atoms with Gasteiger partial charge in [0, 0.05) is 62.3 Å². The first kappa shape index (κ1) is 31.1. The number of Topliss-reactive ketones (excluding diaryl/α,β-unsaturated/α-hetero) is 2. The molecule has 0 aromatic heterocycles. The van der Waals surface area contributed by atoms with Crippen LogP contribution in [0, 0.1) is 23.2 Å². The number of carbonyl (C=O) groups excluding carboxylic acids is 4. The van der Waals surface area contributed by atoms with Crippen LogP contribution in [0.4, 0.5) is 5.69 Å². The number of fused-ring (bicyclic) bond motifs is 3. The standard InChI is InChI=1S/C31H41N3O8/c1-8-20(35)34(13-30(3,4)5)12-16-11-19(33(6)7)17-9-15-10-18-14(2)24(36)23(29(32)41)28(40)31(18,42)27(39)21(15)26(38)22(17)25(16)37/h11,14-15,18,37-38,40,42H,8-10,12-13H2,1-7H3,(H2,32,41)/t14-,15?,18?,31-/m0/s1. The summed E-state index contributed by atoms with van der Waals surface area (Å²) < 4.78 is 0. The minimum atomic E-state index is -2.65. The molecular weight excluding hydrogens is 542 g/mol. The van der Waals surface area contributed by atoms with Crippen LogP contribution in [0.5, 0.6) is 5.75 Å². The number of aliphatic hydroxyl groups excluding tert-OH is 2. The van der Waals surface area contributed by atoms with Crippen LogP contribution in [0.1, 0.15) is 64.2 Å². The van der Waals surface area contributed by atoms with E-state index in [1.165, 1.54) is 6.92 Å². The number of phenols is 1. The Kier molecular flexibility index (Phi) is 7.73. The second-order valence-corrected chi connectivity index (χ2v) is 13.2. The average molecular weight is 584 g/mol. The maximum Gasteiger partial charge on any atom is 0.255 e. The van der Waals surface area contributed by atoms with Crippen molar-refractivity contribution in [3.63, 3.8) is 0 Å². The summed E-state index contributed by atoms with van der Waals surface area (Å²) in [4.78, 5) is 55.2. The first-order chi connectivity index (χ1) is 19.4. The van der Waals surface area contributed by atoms with E-state index < -0.39 is 57.9 Å². The van der Waals surface area contributed by atoms with Gasteiger partial charge < -0.3 is 36.0 Å². The number of anilines is 1. The molecule has 3 aliphatic rings. The van der Waals surface area contributed by atoms with Crippen LogP contribution in [0.15, 0.2) is 23.0 Å². The van der Waals surface area contributed by atoms with Gasteiger partial charge in [-0.15, -0.1) is 0 Å². The molecular formula is C31H41N3O8. The van der Waals surface area contributed by atoms with Crippen molar-refractivity contribution in [1.29, 1.82) is 0 Å². The van der Waals surface area contributed by atoms with E-state index in [0.29, 0.717) is 23.4 Å². The van der Waals surface area contributed by atoms with Gasteiger partial charge in [0.2, 0.25) is 11.7 Å². The molecule has 1 aromatic carbocycles. The Morgan fingerprint density at radius 1 is 1.14 bits per heavy atom. The highest BCUT2D eigenvalue weighted by Crippen LogP contribution is 2.54. The van der Waals surface area contributed by atoms with Crippen LogP contribution in [0.2, 0.25) is 0 Å². The Morgan fingerprint density at radius 2 is 1.76 bits per heavy atom. The highest BCUT2D eigenvalue weighted by atomic mass is 16.3. The quantitative estimate of drug-likeness (QED) is 0.314. The van der Waals surface area contributed by atoms with Crippen molar-refractivity contribution in [2.75, 3.05) is 25.5 Å². The van der Waals surface area contributed by atoms with Crippen molar-refractivity contribution in [2.45, 2.75) is 66.0 Å². The maximum atomic E-state index is 14.0. The zero-order valence-electron chi connectivity index (χ0n) is 25.2. The van der Waals surface area contributed by atoms with Gasteiger partial charge in [-0.2, -0.15) is 0 Å².